The zero-order valence-electron chi connectivity index (χ0n) is 12.7. The van der Waals surface area contributed by atoms with Crippen LogP contribution in [0.25, 0.3) is 0 Å². The molecule has 0 aliphatic rings. The van der Waals surface area contributed by atoms with Crippen molar-refractivity contribution in [2.45, 2.75) is 44.2 Å². The summed E-state index contributed by atoms with van der Waals surface area (Å²) < 4.78 is 5.50. The van der Waals surface area contributed by atoms with Crippen molar-refractivity contribution in [3.05, 3.63) is 38.0 Å². The smallest absolute Gasteiger partial charge is 0.325 e. The quantitative estimate of drug-likeness (QED) is 0.677. The molecule has 1 unspecified atom stereocenters. The molecule has 2 heterocycles. The average Bonchev–Trinajstić information content (AvgIpc) is 2.85. The fourth-order valence-electron chi connectivity index (χ4n) is 1.97. The van der Waals surface area contributed by atoms with Gasteiger partial charge in [-0.2, -0.15) is 0 Å². The lowest BCUT2D eigenvalue weighted by Gasteiger charge is -2.08. The first kappa shape index (κ1) is 16.5. The van der Waals surface area contributed by atoms with Crippen molar-refractivity contribution >= 4 is 11.8 Å². The van der Waals surface area contributed by atoms with Gasteiger partial charge in [-0.25, -0.2) is 4.79 Å². The van der Waals surface area contributed by atoms with Gasteiger partial charge in [-0.1, -0.05) is 25.6 Å². The number of aromatic amines is 2. The predicted molar refractivity (Wildman–Crippen MR) is 82.7 cm³/mol. The van der Waals surface area contributed by atoms with E-state index in [1.165, 1.54) is 11.8 Å². The second-order valence-electron chi connectivity index (χ2n) is 5.44. The van der Waals surface area contributed by atoms with Gasteiger partial charge in [0.2, 0.25) is 5.89 Å². The monoisotopic (exact) mass is 325 g/mol. The van der Waals surface area contributed by atoms with Crippen molar-refractivity contribution in [2.75, 3.05) is 0 Å². The SMILES string of the molecule is Cc1[nH]c(=O)[nH]c(=O)c1CSc1nnc(C(N)CC(C)C)o1. The van der Waals surface area contributed by atoms with Crippen molar-refractivity contribution in [1.82, 2.24) is 20.2 Å². The largest absolute Gasteiger partial charge is 0.414 e. The Morgan fingerprint density at radius 3 is 2.64 bits per heavy atom. The molecule has 2 aromatic rings. The molecule has 22 heavy (non-hydrogen) atoms. The standard InChI is InChI=1S/C13H19N5O3S/c1-6(2)4-9(14)11-17-18-13(21-11)22-5-8-7(3)15-12(20)16-10(8)19/h6,9H,4-5,14H2,1-3H3,(H2,15,16,19,20). The molecule has 0 spiro atoms. The highest BCUT2D eigenvalue weighted by Gasteiger charge is 2.16. The number of H-pyrrole nitrogens is 2. The van der Waals surface area contributed by atoms with Crippen molar-refractivity contribution in [3.8, 4) is 0 Å². The number of thioether (sulfide) groups is 1. The van der Waals surface area contributed by atoms with Crippen LogP contribution in [-0.4, -0.2) is 20.2 Å². The van der Waals surface area contributed by atoms with E-state index in [4.69, 9.17) is 10.2 Å². The van der Waals surface area contributed by atoms with Gasteiger partial charge in [0, 0.05) is 17.0 Å². The molecule has 0 aliphatic carbocycles. The summed E-state index contributed by atoms with van der Waals surface area (Å²) in [5, 5.41) is 8.20. The van der Waals surface area contributed by atoms with E-state index in [2.05, 4.69) is 34.0 Å². The number of aryl methyl sites for hydroxylation is 1. The molecule has 0 radical (unpaired) electrons. The van der Waals surface area contributed by atoms with Crippen LogP contribution in [0.15, 0.2) is 19.2 Å². The van der Waals surface area contributed by atoms with Gasteiger partial charge in [0.15, 0.2) is 0 Å². The fourth-order valence-corrected chi connectivity index (χ4v) is 2.83. The third-order valence-electron chi connectivity index (χ3n) is 3.06. The Morgan fingerprint density at radius 2 is 2.00 bits per heavy atom. The Kier molecular flexibility index (Phi) is 5.19. The second-order valence-corrected chi connectivity index (χ2v) is 6.37. The third-order valence-corrected chi connectivity index (χ3v) is 3.90. The van der Waals surface area contributed by atoms with Crippen LogP contribution in [0.5, 0.6) is 0 Å². The molecular formula is C13H19N5O3S. The summed E-state index contributed by atoms with van der Waals surface area (Å²) in [7, 11) is 0. The molecule has 0 aliphatic heterocycles. The van der Waals surface area contributed by atoms with Crippen molar-refractivity contribution in [1.29, 1.82) is 0 Å². The summed E-state index contributed by atoms with van der Waals surface area (Å²) in [6, 6.07) is -0.292. The second kappa shape index (κ2) is 6.93. The number of nitrogens with one attached hydrogen (secondary N) is 2. The molecule has 1 atom stereocenters. The summed E-state index contributed by atoms with van der Waals surface area (Å²) in [4.78, 5) is 27.6. The van der Waals surface area contributed by atoms with Gasteiger partial charge in [0.05, 0.1) is 6.04 Å². The summed E-state index contributed by atoms with van der Waals surface area (Å²) in [6.45, 7) is 5.80. The summed E-state index contributed by atoms with van der Waals surface area (Å²) >= 11 is 1.23. The van der Waals surface area contributed by atoms with Crippen LogP contribution in [0, 0.1) is 12.8 Å². The van der Waals surface area contributed by atoms with Gasteiger partial charge in [-0.05, 0) is 19.3 Å². The molecule has 0 bridgehead atoms. The lowest BCUT2D eigenvalue weighted by Crippen LogP contribution is -2.26. The maximum absolute atomic E-state index is 11.7. The fraction of sp³-hybridized carbons (Fsp3) is 0.538. The maximum Gasteiger partial charge on any atom is 0.325 e. The van der Waals surface area contributed by atoms with E-state index in [-0.39, 0.29) is 6.04 Å². The molecule has 2 rings (SSSR count). The molecule has 0 saturated carbocycles. The topological polar surface area (TPSA) is 131 Å². The van der Waals surface area contributed by atoms with Crippen LogP contribution >= 0.6 is 11.8 Å². The molecule has 0 aromatic carbocycles. The number of rotatable bonds is 6. The van der Waals surface area contributed by atoms with Crippen LogP contribution in [0.2, 0.25) is 0 Å². The molecule has 0 fully saturated rings. The molecule has 0 amide bonds. The highest BCUT2D eigenvalue weighted by molar-refractivity contribution is 7.98. The summed E-state index contributed by atoms with van der Waals surface area (Å²) in [5.41, 5.74) is 6.05. The molecule has 8 nitrogen and oxygen atoms in total. The van der Waals surface area contributed by atoms with Crippen LogP contribution in [0.3, 0.4) is 0 Å². The minimum absolute atomic E-state index is 0.292. The third kappa shape index (κ3) is 4.08. The van der Waals surface area contributed by atoms with E-state index in [9.17, 15) is 9.59 Å². The molecular weight excluding hydrogens is 306 g/mol. The molecule has 4 N–H and O–H groups in total. The van der Waals surface area contributed by atoms with Gasteiger partial charge < -0.3 is 15.1 Å². The lowest BCUT2D eigenvalue weighted by atomic mass is 10.1. The highest BCUT2D eigenvalue weighted by atomic mass is 32.2. The molecule has 0 saturated heterocycles. The molecule has 120 valence electrons. The minimum atomic E-state index is -0.518. The lowest BCUT2D eigenvalue weighted by molar-refractivity contribution is 0.361. The van der Waals surface area contributed by atoms with Crippen LogP contribution in [0.1, 0.15) is 43.5 Å². The molecule has 9 heteroatoms. The van der Waals surface area contributed by atoms with E-state index in [0.29, 0.717) is 34.0 Å². The van der Waals surface area contributed by atoms with Gasteiger partial charge in [-0.3, -0.25) is 9.78 Å². The number of hydrogen-bond donors (Lipinski definition) is 3. The van der Waals surface area contributed by atoms with Crippen molar-refractivity contribution in [3.63, 3.8) is 0 Å². The predicted octanol–water partition coefficient (Wildman–Crippen LogP) is 1.09. The number of nitrogens with zero attached hydrogens (tertiary/aromatic N) is 2. The summed E-state index contributed by atoms with van der Waals surface area (Å²) in [5.74, 6) is 1.14. The van der Waals surface area contributed by atoms with Crippen LogP contribution in [-0.2, 0) is 5.75 Å². The van der Waals surface area contributed by atoms with E-state index < -0.39 is 11.2 Å². The number of aromatic nitrogens is 4. The van der Waals surface area contributed by atoms with Crippen molar-refractivity contribution < 1.29 is 4.42 Å². The van der Waals surface area contributed by atoms with Crippen LogP contribution < -0.4 is 17.0 Å². The van der Waals surface area contributed by atoms with E-state index >= 15 is 0 Å². The Labute approximate surface area is 130 Å². The Bertz CT molecular complexity index is 749. The Balaban J connectivity index is 2.06. The molecule has 2 aromatic heterocycles. The van der Waals surface area contributed by atoms with Gasteiger partial charge in [0.25, 0.3) is 10.8 Å². The van der Waals surface area contributed by atoms with Gasteiger partial charge in [0.1, 0.15) is 0 Å². The maximum atomic E-state index is 11.7. The first-order valence-electron chi connectivity index (χ1n) is 6.90. The van der Waals surface area contributed by atoms with E-state index in [1.54, 1.807) is 6.92 Å². The Hall–Kier alpha value is -1.87. The van der Waals surface area contributed by atoms with Gasteiger partial charge >= 0.3 is 5.69 Å². The summed E-state index contributed by atoms with van der Waals surface area (Å²) in [6.07, 6.45) is 0.755. The zero-order valence-corrected chi connectivity index (χ0v) is 13.5. The number of hydrogen-bond acceptors (Lipinski definition) is 7. The first-order chi connectivity index (χ1) is 10.4. The number of nitrogens with two attached hydrogens (primary N) is 1. The van der Waals surface area contributed by atoms with E-state index in [0.717, 1.165) is 6.42 Å². The minimum Gasteiger partial charge on any atom is -0.414 e. The van der Waals surface area contributed by atoms with Crippen LogP contribution in [0.4, 0.5) is 0 Å². The van der Waals surface area contributed by atoms with Crippen molar-refractivity contribution in [2.24, 2.45) is 11.7 Å². The Morgan fingerprint density at radius 1 is 1.27 bits per heavy atom. The zero-order chi connectivity index (χ0) is 16.3. The normalized spacial score (nSPS) is 12.8. The van der Waals surface area contributed by atoms with E-state index in [1.807, 2.05) is 0 Å². The highest BCUT2D eigenvalue weighted by Crippen LogP contribution is 2.24. The first-order valence-corrected chi connectivity index (χ1v) is 7.89. The van der Waals surface area contributed by atoms with Gasteiger partial charge in [-0.15, -0.1) is 10.2 Å². The average molecular weight is 325 g/mol.